The fraction of sp³-hybridized carbons (Fsp3) is 0.429. The van der Waals surface area contributed by atoms with Crippen LogP contribution in [-0.4, -0.2) is 23.5 Å². The fourth-order valence-electron chi connectivity index (χ4n) is 2.69. The maximum atomic E-state index is 11.4. The van der Waals surface area contributed by atoms with Crippen molar-refractivity contribution in [3.05, 3.63) is 18.2 Å². The number of aromatic nitrogens is 1. The van der Waals surface area contributed by atoms with Gasteiger partial charge in [-0.15, -0.1) is 0 Å². The molecule has 0 aliphatic carbocycles. The van der Waals surface area contributed by atoms with E-state index in [-0.39, 0.29) is 17.9 Å². The Morgan fingerprint density at radius 3 is 2.95 bits per heavy atom. The molecule has 1 aromatic heterocycles. The molecular formula is C14H18N4O2. The number of nitrogen functional groups attached to an aromatic ring is 1. The molecule has 20 heavy (non-hydrogen) atoms. The van der Waals surface area contributed by atoms with Crippen molar-refractivity contribution in [1.29, 1.82) is 0 Å². The van der Waals surface area contributed by atoms with Crippen molar-refractivity contribution in [3.8, 4) is 0 Å². The molecule has 6 nitrogen and oxygen atoms in total. The first-order valence-corrected chi connectivity index (χ1v) is 6.77. The van der Waals surface area contributed by atoms with Crippen molar-refractivity contribution in [2.45, 2.75) is 25.8 Å². The second-order valence-corrected chi connectivity index (χ2v) is 5.37. The lowest BCUT2D eigenvalue weighted by molar-refractivity contribution is -0.122. The SMILES string of the molecule is CC1CCC(C(N)=O)CN1c1nc2c(N)cccc2o1. The maximum Gasteiger partial charge on any atom is 0.298 e. The van der Waals surface area contributed by atoms with Gasteiger partial charge in [-0.1, -0.05) is 6.07 Å². The molecule has 6 heteroatoms. The zero-order valence-electron chi connectivity index (χ0n) is 11.4. The summed E-state index contributed by atoms with van der Waals surface area (Å²) < 4.78 is 5.77. The molecule has 1 aliphatic heterocycles. The molecule has 1 fully saturated rings. The van der Waals surface area contributed by atoms with Crippen molar-refractivity contribution in [2.24, 2.45) is 11.7 Å². The van der Waals surface area contributed by atoms with Crippen LogP contribution in [0.4, 0.5) is 11.7 Å². The minimum atomic E-state index is -0.266. The summed E-state index contributed by atoms with van der Waals surface area (Å²) in [6.45, 7) is 2.64. The third-order valence-electron chi connectivity index (χ3n) is 3.97. The van der Waals surface area contributed by atoms with Gasteiger partial charge in [0.1, 0.15) is 5.52 Å². The van der Waals surface area contributed by atoms with Gasteiger partial charge in [0.15, 0.2) is 5.58 Å². The second kappa shape index (κ2) is 4.70. The van der Waals surface area contributed by atoms with E-state index < -0.39 is 0 Å². The number of fused-ring (bicyclic) bond motifs is 1. The summed E-state index contributed by atoms with van der Waals surface area (Å²) in [7, 11) is 0. The summed E-state index contributed by atoms with van der Waals surface area (Å²) in [6, 6.07) is 6.23. The molecule has 106 valence electrons. The third kappa shape index (κ3) is 2.07. The van der Waals surface area contributed by atoms with Crippen molar-refractivity contribution < 1.29 is 9.21 Å². The summed E-state index contributed by atoms with van der Waals surface area (Å²) in [4.78, 5) is 17.8. The largest absolute Gasteiger partial charge is 0.423 e. The van der Waals surface area contributed by atoms with E-state index in [4.69, 9.17) is 15.9 Å². The highest BCUT2D eigenvalue weighted by molar-refractivity contribution is 5.86. The number of primary amides is 1. The van der Waals surface area contributed by atoms with Gasteiger partial charge in [-0.3, -0.25) is 4.79 Å². The Kier molecular flexibility index (Phi) is 3.00. The van der Waals surface area contributed by atoms with E-state index in [9.17, 15) is 4.79 Å². The lowest BCUT2D eigenvalue weighted by Crippen LogP contribution is -2.46. The number of hydrogen-bond donors (Lipinski definition) is 2. The number of benzene rings is 1. The number of para-hydroxylation sites is 1. The molecule has 2 heterocycles. The molecule has 1 aromatic carbocycles. The maximum absolute atomic E-state index is 11.4. The van der Waals surface area contributed by atoms with Crippen LogP contribution >= 0.6 is 0 Å². The molecular weight excluding hydrogens is 256 g/mol. The van der Waals surface area contributed by atoms with Gasteiger partial charge in [0.05, 0.1) is 11.6 Å². The highest BCUT2D eigenvalue weighted by atomic mass is 16.4. The topological polar surface area (TPSA) is 98.4 Å². The Morgan fingerprint density at radius 1 is 1.45 bits per heavy atom. The molecule has 3 rings (SSSR count). The average molecular weight is 274 g/mol. The minimum Gasteiger partial charge on any atom is -0.423 e. The van der Waals surface area contributed by atoms with Gasteiger partial charge in [-0.05, 0) is 31.9 Å². The third-order valence-corrected chi connectivity index (χ3v) is 3.97. The first kappa shape index (κ1) is 12.8. The molecule has 1 aliphatic rings. The number of nitrogens with two attached hydrogens (primary N) is 2. The Bertz CT molecular complexity index is 652. The summed E-state index contributed by atoms with van der Waals surface area (Å²) in [5.74, 6) is -0.420. The highest BCUT2D eigenvalue weighted by Crippen LogP contribution is 2.31. The standard InChI is InChI=1S/C14H18N4O2/c1-8-5-6-9(13(16)19)7-18(8)14-17-12-10(15)3-2-4-11(12)20-14/h2-4,8-9H,5-7,15H2,1H3,(H2,16,19). The Balaban J connectivity index is 1.96. The first-order chi connectivity index (χ1) is 9.56. The van der Waals surface area contributed by atoms with Gasteiger partial charge in [0.2, 0.25) is 5.91 Å². The predicted octanol–water partition coefficient (Wildman–Crippen LogP) is 1.50. The summed E-state index contributed by atoms with van der Waals surface area (Å²) in [6.07, 6.45) is 1.71. The van der Waals surface area contributed by atoms with E-state index in [1.807, 2.05) is 17.0 Å². The smallest absolute Gasteiger partial charge is 0.298 e. The molecule has 0 spiro atoms. The second-order valence-electron chi connectivity index (χ2n) is 5.37. The highest BCUT2D eigenvalue weighted by Gasteiger charge is 2.31. The molecule has 1 amide bonds. The van der Waals surface area contributed by atoms with Gasteiger partial charge < -0.3 is 20.8 Å². The lowest BCUT2D eigenvalue weighted by atomic mass is 9.93. The summed E-state index contributed by atoms with van der Waals surface area (Å²) >= 11 is 0. The van der Waals surface area contributed by atoms with Crippen molar-refractivity contribution in [1.82, 2.24) is 4.98 Å². The van der Waals surface area contributed by atoms with Crippen LogP contribution in [0.15, 0.2) is 22.6 Å². The number of hydrogen-bond acceptors (Lipinski definition) is 5. The number of carbonyl (C=O) groups is 1. The van der Waals surface area contributed by atoms with Gasteiger partial charge in [-0.25, -0.2) is 0 Å². The molecule has 4 N–H and O–H groups in total. The van der Waals surface area contributed by atoms with Crippen molar-refractivity contribution >= 4 is 28.7 Å². The van der Waals surface area contributed by atoms with E-state index >= 15 is 0 Å². The zero-order chi connectivity index (χ0) is 14.3. The predicted molar refractivity (Wildman–Crippen MR) is 77.1 cm³/mol. The van der Waals surface area contributed by atoms with Crippen molar-refractivity contribution in [2.75, 3.05) is 17.2 Å². The summed E-state index contributed by atoms with van der Waals surface area (Å²) in [5, 5.41) is 0. The Morgan fingerprint density at radius 2 is 2.25 bits per heavy atom. The molecule has 0 radical (unpaired) electrons. The van der Waals surface area contributed by atoms with Gasteiger partial charge >= 0.3 is 0 Å². The molecule has 2 aromatic rings. The molecule has 0 saturated carbocycles. The molecule has 1 saturated heterocycles. The fourth-order valence-corrected chi connectivity index (χ4v) is 2.69. The van der Waals surface area contributed by atoms with Crippen LogP contribution in [0, 0.1) is 5.92 Å². The van der Waals surface area contributed by atoms with Crippen LogP contribution in [0.25, 0.3) is 11.1 Å². The number of amides is 1. The molecule has 2 atom stereocenters. The summed E-state index contributed by atoms with van der Waals surface area (Å²) in [5.41, 5.74) is 13.2. The van der Waals surface area contributed by atoms with E-state index in [1.165, 1.54) is 0 Å². The van der Waals surface area contributed by atoms with Crippen LogP contribution in [0.2, 0.25) is 0 Å². The van der Waals surface area contributed by atoms with Gasteiger partial charge in [0, 0.05) is 12.6 Å². The number of anilines is 2. The molecule has 0 bridgehead atoms. The zero-order valence-corrected chi connectivity index (χ0v) is 11.4. The van der Waals surface area contributed by atoms with Crippen LogP contribution in [0.5, 0.6) is 0 Å². The van der Waals surface area contributed by atoms with Crippen LogP contribution < -0.4 is 16.4 Å². The minimum absolute atomic E-state index is 0.154. The Labute approximate surface area is 116 Å². The normalized spacial score (nSPS) is 23.1. The number of nitrogens with zero attached hydrogens (tertiary/aromatic N) is 2. The van der Waals surface area contributed by atoms with Gasteiger partial charge in [-0.2, -0.15) is 4.98 Å². The Hall–Kier alpha value is -2.24. The lowest BCUT2D eigenvalue weighted by Gasteiger charge is -2.35. The number of carbonyl (C=O) groups excluding carboxylic acids is 1. The number of piperidine rings is 1. The van der Waals surface area contributed by atoms with Crippen LogP contribution in [0.1, 0.15) is 19.8 Å². The quantitative estimate of drug-likeness (QED) is 0.809. The van der Waals surface area contributed by atoms with Crippen molar-refractivity contribution in [3.63, 3.8) is 0 Å². The van der Waals surface area contributed by atoms with E-state index in [2.05, 4.69) is 11.9 Å². The average Bonchev–Trinajstić information content (AvgIpc) is 2.84. The number of oxazole rings is 1. The number of rotatable bonds is 2. The monoisotopic (exact) mass is 274 g/mol. The van der Waals surface area contributed by atoms with E-state index in [0.717, 1.165) is 12.8 Å². The molecule has 2 unspecified atom stereocenters. The first-order valence-electron chi connectivity index (χ1n) is 6.77. The van der Waals surface area contributed by atoms with Crippen LogP contribution in [0.3, 0.4) is 0 Å². The van der Waals surface area contributed by atoms with E-state index in [0.29, 0.717) is 29.3 Å². The van der Waals surface area contributed by atoms with Gasteiger partial charge in [0.25, 0.3) is 6.01 Å². The van der Waals surface area contributed by atoms with E-state index in [1.54, 1.807) is 6.07 Å². The van der Waals surface area contributed by atoms with Crippen LogP contribution in [-0.2, 0) is 4.79 Å².